The Bertz CT molecular complexity index is 810. The third-order valence-electron chi connectivity index (χ3n) is 5.45. The van der Waals surface area contributed by atoms with Crippen LogP contribution in [0.1, 0.15) is 48.1 Å². The Morgan fingerprint density at radius 2 is 1.89 bits per heavy atom. The van der Waals surface area contributed by atoms with E-state index in [1.165, 1.54) is 28.8 Å². The van der Waals surface area contributed by atoms with Gasteiger partial charge in [0.15, 0.2) is 0 Å². The van der Waals surface area contributed by atoms with Crippen LogP contribution in [0.5, 0.6) is 0 Å². The van der Waals surface area contributed by atoms with Gasteiger partial charge >= 0.3 is 0 Å². The number of nitrogens with one attached hydrogen (secondary N) is 1. The highest BCUT2D eigenvalue weighted by Crippen LogP contribution is 2.35. The number of aryl methyl sites for hydroxylation is 1. The Hall–Kier alpha value is -1.34. The van der Waals surface area contributed by atoms with Crippen LogP contribution in [0.15, 0.2) is 34.8 Å². The molecule has 0 amide bonds. The van der Waals surface area contributed by atoms with Crippen molar-refractivity contribution in [3.63, 3.8) is 0 Å². The number of aliphatic hydroxyl groups is 1. The van der Waals surface area contributed by atoms with Crippen molar-refractivity contribution in [2.75, 3.05) is 6.54 Å². The van der Waals surface area contributed by atoms with E-state index in [-0.39, 0.29) is 12.5 Å². The molecule has 4 N–H and O–H groups in total. The summed E-state index contributed by atoms with van der Waals surface area (Å²) in [6, 6.07) is 7.33. The second kappa shape index (κ2) is 9.44. The lowest BCUT2D eigenvalue weighted by atomic mass is 9.86. The monoisotopic (exact) mass is 452 g/mol. The molecule has 0 heterocycles. The van der Waals surface area contributed by atoms with E-state index in [9.17, 15) is 13.9 Å². The van der Waals surface area contributed by atoms with E-state index in [1.54, 1.807) is 0 Å². The molecule has 3 atom stereocenters. The Labute approximate surface area is 173 Å². The SMILES string of the molecule is CCc1cc(Br)c2c(c1)[C@@H](NC[C@@H](O)[C@@H](N)Cc1cc(F)cc(F)c1)CCC2. The molecule has 0 aromatic heterocycles. The average Bonchev–Trinajstić information content (AvgIpc) is 2.65. The quantitative estimate of drug-likeness (QED) is 0.590. The fraction of sp³-hybridized carbons (Fsp3) is 0.455. The van der Waals surface area contributed by atoms with Crippen molar-refractivity contribution in [2.45, 2.75) is 57.2 Å². The van der Waals surface area contributed by atoms with Crippen molar-refractivity contribution < 1.29 is 13.9 Å². The summed E-state index contributed by atoms with van der Waals surface area (Å²) in [6.45, 7) is 2.47. The Morgan fingerprint density at radius 1 is 1.18 bits per heavy atom. The molecule has 0 fully saturated rings. The van der Waals surface area contributed by atoms with Crippen LogP contribution >= 0.6 is 15.9 Å². The third-order valence-corrected chi connectivity index (χ3v) is 6.16. The molecule has 1 aliphatic rings. The van der Waals surface area contributed by atoms with Gasteiger partial charge in [-0.2, -0.15) is 0 Å². The van der Waals surface area contributed by atoms with Crippen molar-refractivity contribution in [3.05, 3.63) is 68.7 Å². The van der Waals surface area contributed by atoms with Gasteiger partial charge < -0.3 is 16.2 Å². The van der Waals surface area contributed by atoms with E-state index in [0.717, 1.165) is 36.2 Å². The molecule has 0 spiro atoms. The molecule has 0 aliphatic heterocycles. The zero-order chi connectivity index (χ0) is 20.3. The predicted octanol–water partition coefficient (Wildman–Crippen LogP) is 4.19. The molecule has 0 saturated heterocycles. The zero-order valence-corrected chi connectivity index (χ0v) is 17.6. The fourth-order valence-corrected chi connectivity index (χ4v) is 4.62. The first-order chi connectivity index (χ1) is 13.4. The normalized spacial score (nSPS) is 18.6. The van der Waals surface area contributed by atoms with Crippen LogP contribution in [0.2, 0.25) is 0 Å². The lowest BCUT2D eigenvalue weighted by molar-refractivity contribution is 0.136. The third kappa shape index (κ3) is 5.17. The van der Waals surface area contributed by atoms with Crippen LogP contribution in [-0.4, -0.2) is 23.8 Å². The van der Waals surface area contributed by atoms with Crippen LogP contribution in [0, 0.1) is 11.6 Å². The van der Waals surface area contributed by atoms with Gasteiger partial charge in [0.05, 0.1) is 6.10 Å². The van der Waals surface area contributed by atoms with Gasteiger partial charge in [-0.25, -0.2) is 8.78 Å². The van der Waals surface area contributed by atoms with Crippen molar-refractivity contribution >= 4 is 15.9 Å². The predicted molar refractivity (Wildman–Crippen MR) is 111 cm³/mol. The first-order valence-electron chi connectivity index (χ1n) is 9.80. The lowest BCUT2D eigenvalue weighted by Crippen LogP contribution is -2.44. The summed E-state index contributed by atoms with van der Waals surface area (Å²) in [5, 5.41) is 13.9. The van der Waals surface area contributed by atoms with Gasteiger partial charge in [-0.3, -0.25) is 0 Å². The summed E-state index contributed by atoms with van der Waals surface area (Å²) in [5.74, 6) is -1.27. The molecular weight excluding hydrogens is 426 g/mol. The molecule has 0 radical (unpaired) electrons. The molecule has 2 aromatic carbocycles. The zero-order valence-electron chi connectivity index (χ0n) is 16.0. The van der Waals surface area contributed by atoms with E-state index in [1.807, 2.05) is 0 Å². The smallest absolute Gasteiger partial charge is 0.126 e. The van der Waals surface area contributed by atoms with Gasteiger partial charge in [0.25, 0.3) is 0 Å². The topological polar surface area (TPSA) is 58.3 Å². The summed E-state index contributed by atoms with van der Waals surface area (Å²) in [4.78, 5) is 0. The van der Waals surface area contributed by atoms with Crippen molar-refractivity contribution in [2.24, 2.45) is 5.73 Å². The molecule has 28 heavy (non-hydrogen) atoms. The molecular formula is C22H27BrF2N2O. The maximum Gasteiger partial charge on any atom is 0.126 e. The molecule has 3 nitrogen and oxygen atoms in total. The van der Waals surface area contributed by atoms with Crippen molar-refractivity contribution in [1.29, 1.82) is 0 Å². The summed E-state index contributed by atoms with van der Waals surface area (Å²) < 4.78 is 27.8. The van der Waals surface area contributed by atoms with Gasteiger partial charge in [-0.05, 0) is 72.6 Å². The summed E-state index contributed by atoms with van der Waals surface area (Å²) in [7, 11) is 0. The summed E-state index contributed by atoms with van der Waals surface area (Å²) >= 11 is 3.69. The second-order valence-corrected chi connectivity index (χ2v) is 8.42. The molecule has 0 bridgehead atoms. The number of hydrogen-bond acceptors (Lipinski definition) is 3. The minimum absolute atomic E-state index is 0.167. The van der Waals surface area contributed by atoms with Gasteiger partial charge in [0.1, 0.15) is 11.6 Å². The lowest BCUT2D eigenvalue weighted by Gasteiger charge is -2.30. The van der Waals surface area contributed by atoms with E-state index < -0.39 is 23.8 Å². The first kappa shape index (κ1) is 21.4. The van der Waals surface area contributed by atoms with Crippen LogP contribution in [0.25, 0.3) is 0 Å². The number of halogens is 3. The number of benzene rings is 2. The molecule has 3 rings (SSSR count). The largest absolute Gasteiger partial charge is 0.390 e. The Balaban J connectivity index is 1.63. The van der Waals surface area contributed by atoms with E-state index in [2.05, 4.69) is 40.3 Å². The van der Waals surface area contributed by atoms with Crippen LogP contribution in [0.4, 0.5) is 8.78 Å². The Morgan fingerprint density at radius 3 is 2.57 bits per heavy atom. The van der Waals surface area contributed by atoms with Gasteiger partial charge in [0, 0.05) is 29.2 Å². The number of fused-ring (bicyclic) bond motifs is 1. The molecule has 2 aromatic rings. The number of aliphatic hydroxyl groups excluding tert-OH is 1. The first-order valence-corrected chi connectivity index (χ1v) is 10.6. The van der Waals surface area contributed by atoms with E-state index in [4.69, 9.17) is 5.73 Å². The van der Waals surface area contributed by atoms with Gasteiger partial charge in [-0.15, -0.1) is 0 Å². The average molecular weight is 453 g/mol. The maximum absolute atomic E-state index is 13.3. The highest BCUT2D eigenvalue weighted by Gasteiger charge is 2.24. The van der Waals surface area contributed by atoms with Gasteiger partial charge in [0.2, 0.25) is 0 Å². The summed E-state index contributed by atoms with van der Waals surface area (Å²) in [6.07, 6.45) is 3.50. The van der Waals surface area contributed by atoms with E-state index >= 15 is 0 Å². The number of rotatable bonds is 7. The standard InChI is InChI=1S/C22H27BrF2N2O/c1-2-13-8-18-17(19(23)9-13)4-3-5-21(18)27-12-22(28)20(26)10-14-6-15(24)11-16(25)7-14/h6-9,11,20-22,27-28H,2-5,10,12,26H2,1H3/t20-,21-,22+/m0/s1. The van der Waals surface area contributed by atoms with Crippen LogP contribution in [-0.2, 0) is 19.3 Å². The minimum Gasteiger partial charge on any atom is -0.390 e. The highest BCUT2D eigenvalue weighted by molar-refractivity contribution is 9.10. The van der Waals surface area contributed by atoms with Gasteiger partial charge in [-0.1, -0.05) is 28.9 Å². The number of hydrogen-bond donors (Lipinski definition) is 3. The van der Waals surface area contributed by atoms with E-state index in [0.29, 0.717) is 12.1 Å². The summed E-state index contributed by atoms with van der Waals surface area (Å²) in [5.41, 5.74) is 10.4. The minimum atomic E-state index is -0.811. The Kier molecular flexibility index (Phi) is 7.20. The molecule has 6 heteroatoms. The van der Waals surface area contributed by atoms with Crippen molar-refractivity contribution in [1.82, 2.24) is 5.32 Å². The van der Waals surface area contributed by atoms with Crippen LogP contribution in [0.3, 0.4) is 0 Å². The molecule has 1 aliphatic carbocycles. The second-order valence-electron chi connectivity index (χ2n) is 7.57. The molecule has 0 unspecified atom stereocenters. The molecule has 152 valence electrons. The molecule has 0 saturated carbocycles. The van der Waals surface area contributed by atoms with Crippen molar-refractivity contribution in [3.8, 4) is 0 Å². The number of nitrogens with two attached hydrogens (primary N) is 1. The highest BCUT2D eigenvalue weighted by atomic mass is 79.9. The maximum atomic E-state index is 13.3. The van der Waals surface area contributed by atoms with Crippen LogP contribution < -0.4 is 11.1 Å². The fourth-order valence-electron chi connectivity index (χ4n) is 3.90.